The summed E-state index contributed by atoms with van der Waals surface area (Å²) in [5, 5.41) is 17.5. The van der Waals surface area contributed by atoms with Crippen LogP contribution in [-0.4, -0.2) is 22.2 Å². The minimum Gasteiger partial charge on any atom is -0.481 e. The lowest BCUT2D eigenvalue weighted by Gasteiger charge is -2.26. The first-order valence-electron chi connectivity index (χ1n) is 11.5. The van der Waals surface area contributed by atoms with Crippen molar-refractivity contribution in [2.24, 2.45) is 11.8 Å². The Balaban J connectivity index is 0.000000181. The molecule has 0 radical (unpaired) electrons. The predicted molar refractivity (Wildman–Crippen MR) is 124 cm³/mol. The lowest BCUT2D eigenvalue weighted by molar-refractivity contribution is -0.143. The van der Waals surface area contributed by atoms with Crippen molar-refractivity contribution in [3.8, 4) is 0 Å². The Morgan fingerprint density at radius 1 is 0.677 bits per heavy atom. The summed E-state index contributed by atoms with van der Waals surface area (Å²) in [5.41, 5.74) is 2.62. The van der Waals surface area contributed by atoms with E-state index in [1.165, 1.54) is 17.5 Å². The molecule has 0 heterocycles. The molecule has 4 rings (SSSR count). The van der Waals surface area contributed by atoms with E-state index in [2.05, 4.69) is 31.2 Å². The Hall–Kier alpha value is -2.62. The first-order valence-corrected chi connectivity index (χ1v) is 11.5. The van der Waals surface area contributed by atoms with Crippen LogP contribution in [0.1, 0.15) is 74.8 Å². The van der Waals surface area contributed by atoms with Gasteiger partial charge in [-0.3, -0.25) is 9.59 Å². The number of aliphatic carboxylic acids is 2. The number of benzene rings is 2. The monoisotopic (exact) mass is 424 g/mol. The van der Waals surface area contributed by atoms with Gasteiger partial charge in [-0.15, -0.1) is 0 Å². The van der Waals surface area contributed by atoms with Crippen LogP contribution in [0.15, 0.2) is 60.7 Å². The smallest absolute Gasteiger partial charge is 0.306 e. The Labute approximate surface area is 186 Å². The van der Waals surface area contributed by atoms with Crippen molar-refractivity contribution < 1.29 is 19.8 Å². The summed E-state index contributed by atoms with van der Waals surface area (Å²) in [7, 11) is 0. The van der Waals surface area contributed by atoms with Gasteiger partial charge in [-0.05, 0) is 50.5 Å². The van der Waals surface area contributed by atoms with E-state index in [-0.39, 0.29) is 11.8 Å². The van der Waals surface area contributed by atoms with Crippen molar-refractivity contribution in [1.82, 2.24) is 0 Å². The van der Waals surface area contributed by atoms with E-state index in [1.807, 2.05) is 36.4 Å². The Morgan fingerprint density at radius 2 is 1.19 bits per heavy atom. The zero-order valence-electron chi connectivity index (χ0n) is 18.6. The summed E-state index contributed by atoms with van der Waals surface area (Å²) in [6.45, 7) is 2.08. The average molecular weight is 425 g/mol. The lowest BCUT2D eigenvalue weighted by atomic mass is 9.78. The van der Waals surface area contributed by atoms with Crippen LogP contribution in [0.3, 0.4) is 0 Å². The zero-order valence-corrected chi connectivity index (χ0v) is 18.6. The first kappa shape index (κ1) is 24.6. The van der Waals surface area contributed by atoms with E-state index >= 15 is 0 Å². The Kier molecular flexibility index (Phi) is 10.8. The van der Waals surface area contributed by atoms with Gasteiger partial charge in [0.1, 0.15) is 0 Å². The van der Waals surface area contributed by atoms with Gasteiger partial charge in [-0.1, -0.05) is 91.9 Å². The van der Waals surface area contributed by atoms with E-state index in [9.17, 15) is 9.59 Å². The summed E-state index contributed by atoms with van der Waals surface area (Å²) < 4.78 is 0. The molecule has 0 spiro atoms. The SMILES string of the molecule is Cc1ccccc1.O=C(O)C1CCCC(c2ccccc2)C1.O=C(O)C1CCCCC1. The molecule has 0 aliphatic heterocycles. The summed E-state index contributed by atoms with van der Waals surface area (Å²) in [6, 6.07) is 20.5. The van der Waals surface area contributed by atoms with Gasteiger partial charge in [0.15, 0.2) is 0 Å². The molecule has 2 aliphatic rings. The van der Waals surface area contributed by atoms with Crippen LogP contribution in [0.5, 0.6) is 0 Å². The van der Waals surface area contributed by atoms with Crippen molar-refractivity contribution in [1.29, 1.82) is 0 Å². The van der Waals surface area contributed by atoms with Gasteiger partial charge in [0, 0.05) is 0 Å². The molecule has 2 N–H and O–H groups in total. The Bertz CT molecular complexity index is 766. The second-order valence-corrected chi connectivity index (χ2v) is 8.64. The molecule has 2 saturated carbocycles. The van der Waals surface area contributed by atoms with Crippen LogP contribution in [0.2, 0.25) is 0 Å². The third kappa shape index (κ3) is 9.37. The number of rotatable bonds is 3. The fraction of sp³-hybridized carbons (Fsp3) is 0.481. The number of hydrogen-bond acceptors (Lipinski definition) is 2. The number of carboxylic acids is 2. The summed E-state index contributed by atoms with van der Waals surface area (Å²) in [4.78, 5) is 21.3. The maximum atomic E-state index is 10.9. The lowest BCUT2D eigenvalue weighted by Crippen LogP contribution is -2.21. The van der Waals surface area contributed by atoms with Gasteiger partial charge in [0.05, 0.1) is 11.8 Å². The molecule has 2 aromatic rings. The van der Waals surface area contributed by atoms with E-state index in [4.69, 9.17) is 10.2 Å². The molecule has 4 nitrogen and oxygen atoms in total. The molecule has 2 fully saturated rings. The van der Waals surface area contributed by atoms with Crippen molar-refractivity contribution >= 4 is 11.9 Å². The van der Waals surface area contributed by atoms with Crippen LogP contribution in [0, 0.1) is 18.8 Å². The fourth-order valence-corrected chi connectivity index (χ4v) is 4.33. The van der Waals surface area contributed by atoms with Crippen LogP contribution >= 0.6 is 0 Å². The molecule has 0 bridgehead atoms. The highest BCUT2D eigenvalue weighted by Gasteiger charge is 2.27. The second kappa shape index (κ2) is 13.6. The standard InChI is InChI=1S/C13H16O2.C7H12O2.C7H8/c14-13(15)12-8-4-7-11(9-12)10-5-2-1-3-6-10;8-7(9)6-4-2-1-3-5-6;1-7-5-3-2-4-6-7/h1-3,5-6,11-12H,4,7-9H2,(H,14,15);6H,1-5H2,(H,8,9);2-6H,1H3. The third-order valence-electron chi connectivity index (χ3n) is 6.19. The van der Waals surface area contributed by atoms with Gasteiger partial charge in [0.2, 0.25) is 0 Å². The highest BCUT2D eigenvalue weighted by molar-refractivity contribution is 5.70. The zero-order chi connectivity index (χ0) is 22.5. The largest absolute Gasteiger partial charge is 0.481 e. The molecule has 4 heteroatoms. The highest BCUT2D eigenvalue weighted by atomic mass is 16.4. The summed E-state index contributed by atoms with van der Waals surface area (Å²) in [5.74, 6) is -0.950. The number of carbonyl (C=O) groups is 2. The van der Waals surface area contributed by atoms with E-state index < -0.39 is 11.9 Å². The molecular formula is C27H36O4. The van der Waals surface area contributed by atoms with Gasteiger partial charge < -0.3 is 10.2 Å². The molecule has 2 aromatic carbocycles. The van der Waals surface area contributed by atoms with E-state index in [1.54, 1.807) is 0 Å². The van der Waals surface area contributed by atoms with Crippen LogP contribution in [0.4, 0.5) is 0 Å². The van der Waals surface area contributed by atoms with Gasteiger partial charge in [0.25, 0.3) is 0 Å². The van der Waals surface area contributed by atoms with Crippen LogP contribution < -0.4 is 0 Å². The molecule has 0 amide bonds. The maximum Gasteiger partial charge on any atom is 0.306 e. The molecule has 0 saturated heterocycles. The van der Waals surface area contributed by atoms with Crippen molar-refractivity contribution in [3.05, 3.63) is 71.8 Å². The molecule has 2 unspecified atom stereocenters. The molecule has 0 aromatic heterocycles. The van der Waals surface area contributed by atoms with Crippen molar-refractivity contribution in [2.75, 3.05) is 0 Å². The van der Waals surface area contributed by atoms with Gasteiger partial charge in [-0.25, -0.2) is 0 Å². The molecular weight excluding hydrogens is 388 g/mol. The molecule has 168 valence electrons. The minimum absolute atomic E-state index is 0.0289. The minimum atomic E-state index is -0.629. The first-order chi connectivity index (χ1) is 15.0. The number of hydrogen-bond donors (Lipinski definition) is 2. The van der Waals surface area contributed by atoms with Gasteiger partial charge in [-0.2, -0.15) is 0 Å². The van der Waals surface area contributed by atoms with Crippen molar-refractivity contribution in [3.63, 3.8) is 0 Å². The average Bonchev–Trinajstić information content (AvgIpc) is 2.82. The quantitative estimate of drug-likeness (QED) is 0.575. The summed E-state index contributed by atoms with van der Waals surface area (Å²) in [6.07, 6.45) is 9.06. The Morgan fingerprint density at radius 3 is 1.65 bits per heavy atom. The van der Waals surface area contributed by atoms with Gasteiger partial charge >= 0.3 is 11.9 Å². The maximum absolute atomic E-state index is 10.9. The third-order valence-corrected chi connectivity index (χ3v) is 6.19. The molecule has 2 atom stereocenters. The normalized spacial score (nSPS) is 20.9. The number of aryl methyl sites for hydroxylation is 1. The number of carboxylic acid groups (broad SMARTS) is 2. The fourth-order valence-electron chi connectivity index (χ4n) is 4.33. The molecule has 31 heavy (non-hydrogen) atoms. The van der Waals surface area contributed by atoms with Crippen molar-refractivity contribution in [2.45, 2.75) is 70.6 Å². The molecule has 2 aliphatic carbocycles. The summed E-state index contributed by atoms with van der Waals surface area (Å²) >= 11 is 0. The van der Waals surface area contributed by atoms with E-state index in [0.29, 0.717) is 5.92 Å². The second-order valence-electron chi connectivity index (χ2n) is 8.64. The van der Waals surface area contributed by atoms with Crippen LogP contribution in [0.25, 0.3) is 0 Å². The van der Waals surface area contributed by atoms with E-state index in [0.717, 1.165) is 51.4 Å². The topological polar surface area (TPSA) is 74.6 Å². The van der Waals surface area contributed by atoms with Crippen LogP contribution in [-0.2, 0) is 9.59 Å². The highest BCUT2D eigenvalue weighted by Crippen LogP contribution is 2.36. The predicted octanol–water partition coefficient (Wildman–Crippen LogP) is 6.69.